The lowest BCUT2D eigenvalue weighted by molar-refractivity contribution is -0.161. The molecular weight excluding hydrogens is 595 g/mol. The van der Waals surface area contributed by atoms with E-state index in [0.29, 0.717) is 26.3 Å². The van der Waals surface area contributed by atoms with Gasteiger partial charge in [0.25, 0.3) is 0 Å². The van der Waals surface area contributed by atoms with Crippen molar-refractivity contribution in [3.05, 3.63) is 35.4 Å². The minimum absolute atomic E-state index is 0.0312. The number of fused-ring (bicyclic) bond motifs is 4. The molecule has 0 spiro atoms. The fourth-order valence-electron chi connectivity index (χ4n) is 6.12. The summed E-state index contributed by atoms with van der Waals surface area (Å²) in [6.07, 6.45) is -3.16. The van der Waals surface area contributed by atoms with Crippen LogP contribution in [0, 0.1) is 11.6 Å². The molecule has 2 aromatic carbocycles. The van der Waals surface area contributed by atoms with Gasteiger partial charge in [-0.05, 0) is 38.0 Å². The van der Waals surface area contributed by atoms with E-state index in [-0.39, 0.29) is 68.9 Å². The Morgan fingerprint density at radius 3 is 2.58 bits per heavy atom. The fraction of sp³-hybridized carbons (Fsp3) is 0.464. The Hall–Kier alpha value is -3.40. The van der Waals surface area contributed by atoms with Crippen LogP contribution in [0.2, 0.25) is 0 Å². The Morgan fingerprint density at radius 2 is 1.88 bits per heavy atom. The molecule has 3 N–H and O–H groups in total. The van der Waals surface area contributed by atoms with Gasteiger partial charge in [-0.1, -0.05) is 11.3 Å². The summed E-state index contributed by atoms with van der Waals surface area (Å²) in [5.74, 6) is -1.83. The summed E-state index contributed by atoms with van der Waals surface area (Å²) in [5, 5.41) is 3.31. The molecule has 3 fully saturated rings. The number of anilines is 2. The normalized spacial score (nSPS) is 24.3. The zero-order valence-electron chi connectivity index (χ0n) is 22.9. The lowest BCUT2D eigenvalue weighted by atomic mass is 9.95. The molecule has 3 unspecified atom stereocenters. The molecule has 5 heterocycles. The van der Waals surface area contributed by atoms with E-state index >= 15 is 4.39 Å². The van der Waals surface area contributed by atoms with Crippen molar-refractivity contribution in [1.29, 1.82) is 0 Å². The molecule has 3 saturated heterocycles. The molecule has 15 heteroatoms. The molecule has 3 aliphatic heterocycles. The number of alkyl halides is 3. The molecule has 7 rings (SSSR count). The van der Waals surface area contributed by atoms with Crippen molar-refractivity contribution in [2.24, 2.45) is 0 Å². The van der Waals surface area contributed by atoms with Crippen LogP contribution in [-0.2, 0) is 15.7 Å². The maximum atomic E-state index is 16.7. The topological polar surface area (TPSA) is 108 Å². The van der Waals surface area contributed by atoms with Gasteiger partial charge in [0.05, 0.1) is 35.6 Å². The van der Waals surface area contributed by atoms with Gasteiger partial charge < -0.3 is 30.2 Å². The van der Waals surface area contributed by atoms with E-state index < -0.39 is 34.5 Å². The van der Waals surface area contributed by atoms with Crippen LogP contribution in [0.15, 0.2) is 18.2 Å². The summed E-state index contributed by atoms with van der Waals surface area (Å²) in [5.41, 5.74) is 2.11. The smallest absolute Gasteiger partial charge is 0.417 e. The maximum absolute atomic E-state index is 16.7. The molecule has 3 atom stereocenters. The molecule has 0 radical (unpaired) electrons. The number of benzene rings is 2. The Bertz CT molecular complexity index is 1720. The number of piperazine rings is 1. The lowest BCUT2D eigenvalue weighted by Gasteiger charge is -2.35. The first kappa shape index (κ1) is 28.4. The van der Waals surface area contributed by atoms with Crippen molar-refractivity contribution >= 4 is 43.4 Å². The minimum Gasteiger partial charge on any atom is -0.460 e. The van der Waals surface area contributed by atoms with Crippen molar-refractivity contribution in [3.8, 4) is 17.1 Å². The van der Waals surface area contributed by atoms with E-state index in [0.717, 1.165) is 42.4 Å². The lowest BCUT2D eigenvalue weighted by Crippen LogP contribution is -2.51. The molecule has 9 nitrogen and oxygen atoms in total. The summed E-state index contributed by atoms with van der Waals surface area (Å²) in [6, 6.07) is 2.94. The summed E-state index contributed by atoms with van der Waals surface area (Å²) < 4.78 is 92.4. The number of hydrogen-bond donors (Lipinski definition) is 2. The summed E-state index contributed by atoms with van der Waals surface area (Å²) in [4.78, 5) is 14.7. The van der Waals surface area contributed by atoms with E-state index in [1.165, 1.54) is 0 Å². The van der Waals surface area contributed by atoms with Crippen LogP contribution in [0.4, 0.5) is 32.9 Å². The number of halogens is 5. The summed E-state index contributed by atoms with van der Waals surface area (Å²) in [6.45, 7) is 3.75. The molecular formula is C28H27F5N6O3S. The highest BCUT2D eigenvalue weighted by Gasteiger charge is 2.40. The molecule has 228 valence electrons. The van der Waals surface area contributed by atoms with Crippen molar-refractivity contribution in [2.45, 2.75) is 43.6 Å². The van der Waals surface area contributed by atoms with Crippen LogP contribution in [0.1, 0.15) is 25.3 Å². The third kappa shape index (κ3) is 5.11. The quantitative estimate of drug-likeness (QED) is 0.300. The third-order valence-electron chi connectivity index (χ3n) is 8.09. The maximum Gasteiger partial charge on any atom is 0.417 e. The first-order valence-electron chi connectivity index (χ1n) is 13.8. The summed E-state index contributed by atoms with van der Waals surface area (Å²) >= 11 is 0.768. The van der Waals surface area contributed by atoms with E-state index in [4.69, 9.17) is 19.9 Å². The number of nitrogen functional groups attached to an aromatic ring is 1. The number of hydrogen-bond acceptors (Lipinski definition) is 10. The van der Waals surface area contributed by atoms with E-state index in [1.807, 2.05) is 4.90 Å². The Kier molecular flexibility index (Phi) is 6.83. The minimum atomic E-state index is -4.98. The second-order valence-electron chi connectivity index (χ2n) is 11.3. The van der Waals surface area contributed by atoms with Crippen LogP contribution in [-0.4, -0.2) is 72.2 Å². The van der Waals surface area contributed by atoms with E-state index in [9.17, 15) is 17.6 Å². The zero-order chi connectivity index (χ0) is 30.1. The number of ether oxygens (including phenoxy) is 3. The van der Waals surface area contributed by atoms with Gasteiger partial charge in [-0.25, -0.2) is 13.8 Å². The van der Waals surface area contributed by atoms with Crippen LogP contribution in [0.3, 0.4) is 0 Å². The highest BCUT2D eigenvalue weighted by molar-refractivity contribution is 7.22. The Balaban J connectivity index is 1.44. The average molecular weight is 623 g/mol. The highest BCUT2D eigenvalue weighted by atomic mass is 32.1. The van der Waals surface area contributed by atoms with Gasteiger partial charge in [0, 0.05) is 41.7 Å². The van der Waals surface area contributed by atoms with Crippen molar-refractivity contribution < 1.29 is 36.2 Å². The number of aromatic nitrogens is 3. The molecule has 4 aromatic rings. The average Bonchev–Trinajstić information content (AvgIpc) is 3.53. The third-order valence-corrected chi connectivity index (χ3v) is 8.98. The molecule has 2 bridgehead atoms. The fourth-order valence-corrected chi connectivity index (χ4v) is 6.89. The predicted octanol–water partition coefficient (Wildman–Crippen LogP) is 4.91. The SMILES string of the molecule is CC1(COc2nc(N3CC4CCC(C3)N4)c3cc(C(F)(F)F)c(-c4ccc(F)c5sc(N)nc45)c(F)c3n2)COCCO1. The molecule has 2 aromatic heterocycles. The molecule has 43 heavy (non-hydrogen) atoms. The number of nitrogens with two attached hydrogens (primary N) is 1. The highest BCUT2D eigenvalue weighted by Crippen LogP contribution is 2.46. The predicted molar refractivity (Wildman–Crippen MR) is 150 cm³/mol. The largest absolute Gasteiger partial charge is 0.460 e. The van der Waals surface area contributed by atoms with E-state index in [1.54, 1.807) is 6.92 Å². The van der Waals surface area contributed by atoms with Crippen molar-refractivity contribution in [1.82, 2.24) is 20.3 Å². The number of nitrogens with zero attached hydrogens (tertiary/aromatic N) is 4. The van der Waals surface area contributed by atoms with Gasteiger partial charge in [-0.2, -0.15) is 23.1 Å². The van der Waals surface area contributed by atoms with Gasteiger partial charge in [-0.3, -0.25) is 0 Å². The van der Waals surface area contributed by atoms with Gasteiger partial charge in [0.1, 0.15) is 29.4 Å². The second-order valence-corrected chi connectivity index (χ2v) is 12.4. The Labute approximate surface area is 246 Å². The first-order valence-corrected chi connectivity index (χ1v) is 14.6. The molecule has 0 saturated carbocycles. The van der Waals surface area contributed by atoms with Crippen LogP contribution >= 0.6 is 11.3 Å². The Morgan fingerprint density at radius 1 is 1.12 bits per heavy atom. The second kappa shape index (κ2) is 10.4. The summed E-state index contributed by atoms with van der Waals surface area (Å²) in [7, 11) is 0. The number of nitrogens with one attached hydrogen (secondary N) is 1. The van der Waals surface area contributed by atoms with Gasteiger partial charge in [-0.15, -0.1) is 0 Å². The first-order chi connectivity index (χ1) is 20.5. The number of rotatable bonds is 5. The van der Waals surface area contributed by atoms with Gasteiger partial charge in [0.2, 0.25) is 0 Å². The van der Waals surface area contributed by atoms with Crippen molar-refractivity contribution in [2.75, 3.05) is 50.2 Å². The van der Waals surface area contributed by atoms with Gasteiger partial charge in [0.15, 0.2) is 10.9 Å². The van der Waals surface area contributed by atoms with Crippen LogP contribution < -0.4 is 20.7 Å². The van der Waals surface area contributed by atoms with Crippen LogP contribution in [0.25, 0.3) is 32.2 Å². The molecule has 0 amide bonds. The number of thiazole rings is 1. The van der Waals surface area contributed by atoms with Crippen LogP contribution in [0.5, 0.6) is 6.01 Å². The van der Waals surface area contributed by atoms with Crippen molar-refractivity contribution in [3.63, 3.8) is 0 Å². The molecule has 0 aliphatic carbocycles. The standard InChI is InChI=1S/C28H27F5N6O3S/c1-27(11-40-6-7-42-27)12-41-26-37-21-16(24(38-26)39-9-13-2-3-14(10-39)35-13)8-17(28(31,32)33)19(20(21)30)15-4-5-18(29)23-22(15)36-25(34)43-23/h4-5,8,13-14,35H,2-3,6-7,9-12H2,1H3,(H2,34,36). The zero-order valence-corrected chi connectivity index (χ0v) is 23.7. The van der Waals surface area contributed by atoms with E-state index in [2.05, 4.69) is 20.3 Å². The van der Waals surface area contributed by atoms with Gasteiger partial charge >= 0.3 is 12.2 Å². The molecule has 3 aliphatic rings. The monoisotopic (exact) mass is 622 g/mol.